The summed E-state index contributed by atoms with van der Waals surface area (Å²) >= 11 is 0. The number of ether oxygens (including phenoxy) is 1. The van der Waals surface area contributed by atoms with Gasteiger partial charge in [0.15, 0.2) is 0 Å². The van der Waals surface area contributed by atoms with Crippen LogP contribution in [0, 0.1) is 0 Å². The molecule has 0 N–H and O–H groups in total. The number of rotatable bonds is 4. The number of fused-ring (bicyclic) bond motifs is 3. The smallest absolute Gasteiger partial charge is 0.147 e. The van der Waals surface area contributed by atoms with E-state index in [4.69, 9.17) is 4.74 Å². The lowest BCUT2D eigenvalue weighted by Crippen LogP contribution is -2.38. The Kier molecular flexibility index (Phi) is 3.19. The van der Waals surface area contributed by atoms with Crippen molar-refractivity contribution in [1.29, 1.82) is 0 Å². The van der Waals surface area contributed by atoms with Crippen molar-refractivity contribution in [3.63, 3.8) is 0 Å². The first-order valence-corrected chi connectivity index (χ1v) is 7.00. The zero-order valence-electron chi connectivity index (χ0n) is 11.8. The summed E-state index contributed by atoms with van der Waals surface area (Å²) < 4.78 is 5.67. The largest absolute Gasteiger partial charge is 0.380 e. The molecule has 0 unspecified atom stereocenters. The highest BCUT2D eigenvalue weighted by Gasteiger charge is 2.46. The average Bonchev–Trinajstić information content (AvgIpc) is 2.77. The molecular formula is C18H18O2. The average molecular weight is 266 g/mol. The van der Waals surface area contributed by atoms with E-state index < -0.39 is 5.41 Å². The van der Waals surface area contributed by atoms with Gasteiger partial charge in [-0.2, -0.15) is 0 Å². The molecule has 2 heteroatoms. The third-order valence-corrected chi connectivity index (χ3v) is 4.19. The molecule has 0 amide bonds. The zero-order valence-corrected chi connectivity index (χ0v) is 11.8. The number of hydrogen-bond donors (Lipinski definition) is 0. The summed E-state index contributed by atoms with van der Waals surface area (Å²) in [5, 5.41) is 0. The second-order valence-corrected chi connectivity index (χ2v) is 5.19. The van der Waals surface area contributed by atoms with Crippen LogP contribution in [0.4, 0.5) is 0 Å². The fourth-order valence-corrected chi connectivity index (χ4v) is 3.22. The monoisotopic (exact) mass is 266 g/mol. The van der Waals surface area contributed by atoms with E-state index in [0.717, 1.165) is 22.3 Å². The molecule has 0 saturated heterocycles. The minimum Gasteiger partial charge on any atom is -0.380 e. The minimum absolute atomic E-state index is 0.142. The number of carbonyl (C=O) groups excluding carboxylic acids is 1. The van der Waals surface area contributed by atoms with Gasteiger partial charge in [-0.15, -0.1) is 0 Å². The number of Topliss-reactive ketones (excluding diaryl/α,β-unsaturated/α-hetero) is 1. The Hall–Kier alpha value is -1.93. The number of benzene rings is 2. The molecule has 20 heavy (non-hydrogen) atoms. The minimum atomic E-state index is -0.650. The fraction of sp³-hybridized carbons (Fsp3) is 0.278. The van der Waals surface area contributed by atoms with Crippen LogP contribution in [0.25, 0.3) is 11.1 Å². The predicted molar refractivity (Wildman–Crippen MR) is 79.8 cm³/mol. The van der Waals surface area contributed by atoms with Gasteiger partial charge in [-0.1, -0.05) is 48.5 Å². The molecule has 0 saturated carbocycles. The van der Waals surface area contributed by atoms with Crippen LogP contribution in [0.2, 0.25) is 0 Å². The lowest BCUT2D eigenvalue weighted by molar-refractivity contribution is -0.122. The van der Waals surface area contributed by atoms with Gasteiger partial charge in [-0.05, 0) is 36.1 Å². The van der Waals surface area contributed by atoms with Crippen molar-refractivity contribution < 1.29 is 9.53 Å². The van der Waals surface area contributed by atoms with Gasteiger partial charge >= 0.3 is 0 Å². The van der Waals surface area contributed by atoms with Crippen LogP contribution in [-0.4, -0.2) is 19.0 Å². The van der Waals surface area contributed by atoms with Gasteiger partial charge in [0.1, 0.15) is 11.2 Å². The molecule has 2 aromatic rings. The maximum absolute atomic E-state index is 12.5. The molecule has 1 aliphatic rings. The Balaban J connectivity index is 2.30. The lowest BCUT2D eigenvalue weighted by Gasteiger charge is -2.28. The van der Waals surface area contributed by atoms with Crippen molar-refractivity contribution in [2.75, 3.05) is 13.2 Å². The van der Waals surface area contributed by atoms with Gasteiger partial charge in [0.05, 0.1) is 6.61 Å². The third kappa shape index (κ3) is 1.65. The summed E-state index contributed by atoms with van der Waals surface area (Å²) in [6.07, 6.45) is 0. The first kappa shape index (κ1) is 13.1. The Labute approximate surface area is 119 Å². The normalized spacial score (nSPS) is 14.7. The van der Waals surface area contributed by atoms with Gasteiger partial charge in [-0.25, -0.2) is 0 Å². The Morgan fingerprint density at radius 1 is 1.00 bits per heavy atom. The third-order valence-electron chi connectivity index (χ3n) is 4.19. The molecule has 102 valence electrons. The second kappa shape index (κ2) is 4.88. The van der Waals surface area contributed by atoms with Crippen molar-refractivity contribution >= 4 is 5.78 Å². The van der Waals surface area contributed by atoms with Crippen LogP contribution in [0.1, 0.15) is 25.0 Å². The molecule has 0 spiro atoms. The summed E-state index contributed by atoms with van der Waals surface area (Å²) in [6, 6.07) is 16.3. The summed E-state index contributed by atoms with van der Waals surface area (Å²) in [5.74, 6) is 0.142. The maximum Gasteiger partial charge on any atom is 0.147 e. The van der Waals surface area contributed by atoms with E-state index in [1.54, 1.807) is 6.92 Å². The van der Waals surface area contributed by atoms with Crippen molar-refractivity contribution in [2.24, 2.45) is 0 Å². The molecule has 0 fully saturated rings. The Bertz CT molecular complexity index is 612. The van der Waals surface area contributed by atoms with Gasteiger partial charge in [0.2, 0.25) is 0 Å². The number of ketones is 1. The predicted octanol–water partition coefficient (Wildman–Crippen LogP) is 3.58. The van der Waals surface area contributed by atoms with Crippen molar-refractivity contribution in [3.05, 3.63) is 59.7 Å². The van der Waals surface area contributed by atoms with Crippen molar-refractivity contribution in [1.82, 2.24) is 0 Å². The fourth-order valence-electron chi connectivity index (χ4n) is 3.22. The molecule has 1 aliphatic carbocycles. The maximum atomic E-state index is 12.5. The van der Waals surface area contributed by atoms with E-state index in [1.807, 2.05) is 31.2 Å². The summed E-state index contributed by atoms with van der Waals surface area (Å²) in [7, 11) is 0. The van der Waals surface area contributed by atoms with Crippen LogP contribution in [0.3, 0.4) is 0 Å². The molecule has 0 atom stereocenters. The summed E-state index contributed by atoms with van der Waals surface area (Å²) in [4.78, 5) is 12.5. The summed E-state index contributed by atoms with van der Waals surface area (Å²) in [6.45, 7) is 4.64. The lowest BCUT2D eigenvalue weighted by atomic mass is 9.76. The van der Waals surface area contributed by atoms with E-state index in [2.05, 4.69) is 24.3 Å². The molecule has 0 heterocycles. The standard InChI is InChI=1S/C18H18O2/c1-3-20-12-18(13(2)19)16-10-6-4-8-14(16)15-9-5-7-11-17(15)18/h4-11H,3,12H2,1-2H3. The first-order valence-electron chi connectivity index (χ1n) is 7.00. The van der Waals surface area contributed by atoms with Crippen LogP contribution >= 0.6 is 0 Å². The van der Waals surface area contributed by atoms with Gasteiger partial charge in [0, 0.05) is 6.61 Å². The van der Waals surface area contributed by atoms with Gasteiger partial charge in [-0.3, -0.25) is 4.79 Å². The molecule has 3 rings (SSSR count). The van der Waals surface area contributed by atoms with E-state index in [1.165, 1.54) is 0 Å². The number of carbonyl (C=O) groups is 1. The second-order valence-electron chi connectivity index (χ2n) is 5.19. The quantitative estimate of drug-likeness (QED) is 0.845. The van der Waals surface area contributed by atoms with Crippen LogP contribution in [-0.2, 0) is 14.9 Å². The zero-order chi connectivity index (χ0) is 14.2. The molecule has 0 radical (unpaired) electrons. The van der Waals surface area contributed by atoms with Crippen molar-refractivity contribution in [3.8, 4) is 11.1 Å². The van der Waals surface area contributed by atoms with E-state index >= 15 is 0 Å². The van der Waals surface area contributed by atoms with Crippen LogP contribution < -0.4 is 0 Å². The SMILES string of the molecule is CCOCC1(C(C)=O)c2ccccc2-c2ccccc21. The topological polar surface area (TPSA) is 26.3 Å². The molecule has 0 bridgehead atoms. The molecule has 2 aromatic carbocycles. The molecule has 0 aromatic heterocycles. The molecule has 0 aliphatic heterocycles. The van der Waals surface area contributed by atoms with Crippen molar-refractivity contribution in [2.45, 2.75) is 19.3 Å². The molecular weight excluding hydrogens is 248 g/mol. The highest BCUT2D eigenvalue weighted by molar-refractivity contribution is 6.00. The van der Waals surface area contributed by atoms with E-state index in [9.17, 15) is 4.79 Å². The molecule has 2 nitrogen and oxygen atoms in total. The van der Waals surface area contributed by atoms with Crippen LogP contribution in [0.5, 0.6) is 0 Å². The first-order chi connectivity index (χ1) is 9.71. The Morgan fingerprint density at radius 3 is 1.95 bits per heavy atom. The summed E-state index contributed by atoms with van der Waals surface area (Å²) in [5.41, 5.74) is 3.80. The highest BCUT2D eigenvalue weighted by atomic mass is 16.5. The van der Waals surface area contributed by atoms with E-state index in [-0.39, 0.29) is 5.78 Å². The van der Waals surface area contributed by atoms with E-state index in [0.29, 0.717) is 13.2 Å². The van der Waals surface area contributed by atoms with Gasteiger partial charge < -0.3 is 4.74 Å². The van der Waals surface area contributed by atoms with Crippen LogP contribution in [0.15, 0.2) is 48.5 Å². The van der Waals surface area contributed by atoms with Gasteiger partial charge in [0.25, 0.3) is 0 Å². The Morgan fingerprint density at radius 2 is 1.50 bits per heavy atom. The highest BCUT2D eigenvalue weighted by Crippen LogP contribution is 2.49. The number of hydrogen-bond acceptors (Lipinski definition) is 2.